The number of nitriles is 1. The molecule has 0 atom stereocenters. The van der Waals surface area contributed by atoms with Crippen molar-refractivity contribution in [1.29, 1.82) is 5.26 Å². The third-order valence-corrected chi connectivity index (χ3v) is 3.31. The molecule has 0 aromatic heterocycles. The molecule has 1 rings (SSSR count). The lowest BCUT2D eigenvalue weighted by molar-refractivity contribution is -0.131. The molecule has 0 spiro atoms. The van der Waals surface area contributed by atoms with E-state index in [-0.39, 0.29) is 18.9 Å². The molecule has 0 radical (unpaired) electrons. The van der Waals surface area contributed by atoms with Crippen molar-refractivity contribution in [3.63, 3.8) is 0 Å². The summed E-state index contributed by atoms with van der Waals surface area (Å²) in [6, 6.07) is 9.27. The quantitative estimate of drug-likeness (QED) is 0.822. The van der Waals surface area contributed by atoms with Crippen molar-refractivity contribution in [2.24, 2.45) is 0 Å². The van der Waals surface area contributed by atoms with E-state index in [1.54, 1.807) is 37.8 Å². The van der Waals surface area contributed by atoms with Gasteiger partial charge in [0.05, 0.1) is 11.6 Å². The van der Waals surface area contributed by atoms with Gasteiger partial charge in [0.15, 0.2) is 0 Å². The Morgan fingerprint density at radius 2 is 1.88 bits per heavy atom. The highest BCUT2D eigenvalue weighted by Gasteiger charge is 2.17. The van der Waals surface area contributed by atoms with E-state index in [0.29, 0.717) is 18.7 Å². The number of ether oxygens (including phenoxy) is 1. The van der Waals surface area contributed by atoms with Gasteiger partial charge in [0.25, 0.3) is 0 Å². The maximum Gasteiger partial charge on any atom is 0.407 e. The summed E-state index contributed by atoms with van der Waals surface area (Å²) >= 11 is 0. The minimum Gasteiger partial charge on any atom is -0.444 e. The van der Waals surface area contributed by atoms with Crippen LogP contribution in [0.25, 0.3) is 0 Å². The molecule has 0 aliphatic rings. The van der Waals surface area contributed by atoms with Crippen molar-refractivity contribution < 1.29 is 14.3 Å². The largest absolute Gasteiger partial charge is 0.444 e. The topological polar surface area (TPSA) is 82.4 Å². The Balaban J connectivity index is 2.52. The van der Waals surface area contributed by atoms with Crippen LogP contribution in [-0.4, -0.2) is 35.6 Å². The smallest absolute Gasteiger partial charge is 0.407 e. The second-order valence-corrected chi connectivity index (χ2v) is 6.80. The van der Waals surface area contributed by atoms with Crippen LogP contribution in [0, 0.1) is 11.3 Å². The Kier molecular flexibility index (Phi) is 7.93. The van der Waals surface area contributed by atoms with Crippen molar-refractivity contribution in [2.75, 3.05) is 13.1 Å². The van der Waals surface area contributed by atoms with Gasteiger partial charge in [0.1, 0.15) is 5.60 Å². The fourth-order valence-corrected chi connectivity index (χ4v) is 2.21. The molecule has 0 heterocycles. The predicted molar refractivity (Wildman–Crippen MR) is 95.7 cm³/mol. The zero-order valence-corrected chi connectivity index (χ0v) is 15.5. The Morgan fingerprint density at radius 3 is 2.40 bits per heavy atom. The summed E-state index contributed by atoms with van der Waals surface area (Å²) in [5.74, 6) is -0.0257. The van der Waals surface area contributed by atoms with E-state index in [2.05, 4.69) is 11.4 Å². The van der Waals surface area contributed by atoms with Crippen LogP contribution < -0.4 is 5.32 Å². The highest BCUT2D eigenvalue weighted by Crippen LogP contribution is 2.09. The monoisotopic (exact) mass is 345 g/mol. The van der Waals surface area contributed by atoms with Crippen molar-refractivity contribution >= 4 is 12.0 Å². The Labute approximate surface area is 149 Å². The number of carbonyl (C=O) groups is 2. The van der Waals surface area contributed by atoms with E-state index in [0.717, 1.165) is 12.0 Å². The number of benzene rings is 1. The molecule has 1 N–H and O–H groups in total. The summed E-state index contributed by atoms with van der Waals surface area (Å²) in [6.07, 6.45) is 0.547. The molecule has 0 aliphatic carbocycles. The van der Waals surface area contributed by atoms with Gasteiger partial charge in [-0.15, -0.1) is 0 Å². The molecular formula is C19H27N3O3. The molecule has 0 aliphatic heterocycles. The van der Waals surface area contributed by atoms with Crippen LogP contribution in [0.1, 0.15) is 51.7 Å². The molecule has 1 aromatic rings. The lowest BCUT2D eigenvalue weighted by atomic mass is 10.1. The minimum atomic E-state index is -0.558. The lowest BCUT2D eigenvalue weighted by Crippen LogP contribution is -2.37. The number of alkyl carbamates (subject to hydrolysis) is 1. The number of nitrogens with zero attached hydrogens (tertiary/aromatic N) is 2. The van der Waals surface area contributed by atoms with Gasteiger partial charge >= 0.3 is 6.09 Å². The molecule has 6 nitrogen and oxygen atoms in total. The van der Waals surface area contributed by atoms with Gasteiger partial charge in [-0.25, -0.2) is 4.79 Å². The highest BCUT2D eigenvalue weighted by atomic mass is 16.6. The first-order chi connectivity index (χ1) is 11.7. The molecule has 0 unspecified atom stereocenters. The predicted octanol–water partition coefficient (Wildman–Crippen LogP) is 3.21. The zero-order valence-electron chi connectivity index (χ0n) is 15.5. The van der Waals surface area contributed by atoms with Crippen LogP contribution in [0.15, 0.2) is 24.3 Å². The number of carbonyl (C=O) groups excluding carboxylic acids is 2. The van der Waals surface area contributed by atoms with Crippen LogP contribution >= 0.6 is 0 Å². The molecule has 6 heteroatoms. The van der Waals surface area contributed by atoms with Gasteiger partial charge in [-0.3, -0.25) is 4.79 Å². The van der Waals surface area contributed by atoms with Crippen LogP contribution in [0.2, 0.25) is 0 Å². The van der Waals surface area contributed by atoms with Gasteiger partial charge in [-0.1, -0.05) is 19.1 Å². The summed E-state index contributed by atoms with van der Waals surface area (Å²) in [6.45, 7) is 8.75. The van der Waals surface area contributed by atoms with E-state index in [1.165, 1.54) is 0 Å². The maximum atomic E-state index is 12.4. The average molecular weight is 345 g/mol. The fraction of sp³-hybridized carbons (Fsp3) is 0.526. The Morgan fingerprint density at radius 1 is 1.24 bits per heavy atom. The molecule has 0 bridgehead atoms. The molecule has 136 valence electrons. The molecule has 1 aromatic carbocycles. The third-order valence-electron chi connectivity index (χ3n) is 3.31. The van der Waals surface area contributed by atoms with Crippen molar-refractivity contribution in [1.82, 2.24) is 10.2 Å². The number of hydrogen-bond acceptors (Lipinski definition) is 4. The number of nitrogens with one attached hydrogen (secondary N) is 1. The Bertz CT molecular complexity index is 612. The summed E-state index contributed by atoms with van der Waals surface area (Å²) < 4.78 is 5.14. The molecule has 0 fully saturated rings. The number of amides is 2. The zero-order chi connectivity index (χ0) is 18.9. The second kappa shape index (κ2) is 9.67. The van der Waals surface area contributed by atoms with Gasteiger partial charge in [-0.05, 0) is 44.9 Å². The van der Waals surface area contributed by atoms with E-state index < -0.39 is 11.7 Å². The summed E-state index contributed by atoms with van der Waals surface area (Å²) in [7, 11) is 0. The third kappa shape index (κ3) is 8.20. The fourth-order valence-electron chi connectivity index (χ4n) is 2.21. The molecule has 25 heavy (non-hydrogen) atoms. The number of hydrogen-bond donors (Lipinski definition) is 1. The van der Waals surface area contributed by atoms with Crippen LogP contribution in [0.4, 0.5) is 4.79 Å². The summed E-state index contributed by atoms with van der Waals surface area (Å²) in [5, 5.41) is 11.4. The van der Waals surface area contributed by atoms with Crippen LogP contribution in [0.5, 0.6) is 0 Å². The standard InChI is InChI=1S/C19H27N3O3/c1-5-12-22(14-16-8-6-15(13-20)7-9-16)17(23)10-11-21-18(24)25-19(2,3)4/h6-9H,5,10-12,14H2,1-4H3,(H,21,24). The second-order valence-electron chi connectivity index (χ2n) is 6.80. The van der Waals surface area contributed by atoms with E-state index >= 15 is 0 Å². The summed E-state index contributed by atoms with van der Waals surface area (Å²) in [5.41, 5.74) is 1.01. The number of rotatable bonds is 7. The summed E-state index contributed by atoms with van der Waals surface area (Å²) in [4.78, 5) is 25.8. The lowest BCUT2D eigenvalue weighted by Gasteiger charge is -2.23. The first kappa shape index (κ1) is 20.5. The Hall–Kier alpha value is -2.55. The molecule has 2 amide bonds. The van der Waals surface area contributed by atoms with E-state index in [4.69, 9.17) is 10.00 Å². The van der Waals surface area contributed by atoms with Gasteiger partial charge < -0.3 is 15.0 Å². The normalized spacial score (nSPS) is 10.7. The molecule has 0 saturated heterocycles. The van der Waals surface area contributed by atoms with Crippen LogP contribution in [-0.2, 0) is 16.1 Å². The van der Waals surface area contributed by atoms with Crippen molar-refractivity contribution in [3.05, 3.63) is 35.4 Å². The van der Waals surface area contributed by atoms with E-state index in [9.17, 15) is 9.59 Å². The van der Waals surface area contributed by atoms with Crippen LogP contribution in [0.3, 0.4) is 0 Å². The van der Waals surface area contributed by atoms with E-state index in [1.807, 2.05) is 19.1 Å². The minimum absolute atomic E-state index is 0.0257. The van der Waals surface area contributed by atoms with Gasteiger partial charge in [0, 0.05) is 26.1 Å². The highest BCUT2D eigenvalue weighted by molar-refractivity contribution is 5.77. The molecule has 0 saturated carbocycles. The first-order valence-electron chi connectivity index (χ1n) is 8.49. The first-order valence-corrected chi connectivity index (χ1v) is 8.49. The SMILES string of the molecule is CCCN(Cc1ccc(C#N)cc1)C(=O)CCNC(=O)OC(C)(C)C. The van der Waals surface area contributed by atoms with Crippen molar-refractivity contribution in [2.45, 2.75) is 52.7 Å². The van der Waals surface area contributed by atoms with Crippen molar-refractivity contribution in [3.8, 4) is 6.07 Å². The molecular weight excluding hydrogens is 318 g/mol. The van der Waals surface area contributed by atoms with Gasteiger partial charge in [0.2, 0.25) is 5.91 Å². The van der Waals surface area contributed by atoms with Gasteiger partial charge in [-0.2, -0.15) is 5.26 Å². The average Bonchev–Trinajstić information content (AvgIpc) is 2.53. The maximum absolute atomic E-state index is 12.4.